The van der Waals surface area contributed by atoms with Crippen LogP contribution >= 0.6 is 0 Å². The number of carbonyl (C=O) groups excluding carboxylic acids is 1. The molecule has 30 heavy (non-hydrogen) atoms. The number of amides is 1. The van der Waals surface area contributed by atoms with Gasteiger partial charge in [-0.05, 0) is 81.0 Å². The van der Waals surface area contributed by atoms with Crippen LogP contribution in [0.3, 0.4) is 0 Å². The molecule has 1 aromatic carbocycles. The molecule has 6 rings (SSSR count). The first-order valence-electron chi connectivity index (χ1n) is 12.0. The van der Waals surface area contributed by atoms with Crippen LogP contribution in [0.15, 0.2) is 42.1 Å². The van der Waals surface area contributed by atoms with Crippen LogP contribution in [0.2, 0.25) is 0 Å². The number of benzene rings is 1. The molecule has 0 radical (unpaired) electrons. The zero-order valence-corrected chi connectivity index (χ0v) is 18.1. The second-order valence-corrected chi connectivity index (χ2v) is 10.1. The highest BCUT2D eigenvalue weighted by Crippen LogP contribution is 2.45. The zero-order valence-electron chi connectivity index (χ0n) is 18.1. The predicted molar refractivity (Wildman–Crippen MR) is 120 cm³/mol. The van der Waals surface area contributed by atoms with Crippen molar-refractivity contribution in [1.29, 1.82) is 0 Å². The zero-order chi connectivity index (χ0) is 20.2. The van der Waals surface area contributed by atoms with E-state index in [2.05, 4.69) is 57.8 Å². The second kappa shape index (κ2) is 7.26. The van der Waals surface area contributed by atoms with Gasteiger partial charge in [-0.15, -0.1) is 0 Å². The van der Waals surface area contributed by atoms with Crippen molar-refractivity contribution < 1.29 is 4.79 Å². The van der Waals surface area contributed by atoms with E-state index >= 15 is 0 Å². The Hall–Kier alpha value is -2.07. The highest BCUT2D eigenvalue weighted by molar-refractivity contribution is 5.84. The number of aryl methyl sites for hydroxylation is 1. The summed E-state index contributed by atoms with van der Waals surface area (Å²) < 4.78 is 2.14. The van der Waals surface area contributed by atoms with Crippen LogP contribution < -0.4 is 0 Å². The molecule has 2 unspecified atom stereocenters. The Labute approximate surface area is 179 Å². The number of likely N-dealkylation sites (tertiary alicyclic amines) is 1. The number of carbonyl (C=O) groups is 1. The van der Waals surface area contributed by atoms with E-state index in [0.717, 1.165) is 24.9 Å². The molecule has 3 aliphatic heterocycles. The first-order valence-corrected chi connectivity index (χ1v) is 12.0. The Morgan fingerprint density at radius 2 is 2.07 bits per heavy atom. The van der Waals surface area contributed by atoms with Crippen LogP contribution in [0.1, 0.15) is 44.1 Å². The van der Waals surface area contributed by atoms with Crippen LogP contribution in [-0.2, 0) is 11.3 Å². The first kappa shape index (κ1) is 18.7. The number of nitrogens with zero attached hydrogens (tertiary/aromatic N) is 3. The molecular weight excluding hydrogens is 370 g/mol. The lowest BCUT2D eigenvalue weighted by Gasteiger charge is -2.54. The van der Waals surface area contributed by atoms with E-state index < -0.39 is 0 Å². The molecule has 1 amide bonds. The van der Waals surface area contributed by atoms with Gasteiger partial charge in [0.05, 0.1) is 6.04 Å². The lowest BCUT2D eigenvalue weighted by Crippen LogP contribution is -2.60. The summed E-state index contributed by atoms with van der Waals surface area (Å²) in [6.07, 6.45) is 12.4. The van der Waals surface area contributed by atoms with E-state index in [9.17, 15) is 4.79 Å². The first-order chi connectivity index (χ1) is 14.7. The molecule has 0 spiro atoms. The number of aromatic nitrogens is 1. The quantitative estimate of drug-likeness (QED) is 0.697. The van der Waals surface area contributed by atoms with E-state index in [-0.39, 0.29) is 0 Å². The average Bonchev–Trinajstić information content (AvgIpc) is 3.15. The average molecular weight is 404 g/mol. The third-order valence-corrected chi connectivity index (χ3v) is 8.21. The minimum atomic E-state index is 0.294. The molecule has 4 nitrogen and oxygen atoms in total. The van der Waals surface area contributed by atoms with E-state index in [0.29, 0.717) is 24.4 Å². The van der Waals surface area contributed by atoms with E-state index in [4.69, 9.17) is 0 Å². The Bertz CT molecular complexity index is 1000. The Balaban J connectivity index is 1.27. The van der Waals surface area contributed by atoms with Gasteiger partial charge in [-0.1, -0.05) is 29.7 Å². The number of rotatable bonds is 2. The molecule has 2 bridgehead atoms. The van der Waals surface area contributed by atoms with Crippen LogP contribution in [0.5, 0.6) is 0 Å². The van der Waals surface area contributed by atoms with Crippen molar-refractivity contribution in [3.8, 4) is 0 Å². The third-order valence-electron chi connectivity index (χ3n) is 8.21. The minimum Gasteiger partial charge on any atom is -0.338 e. The molecule has 4 heteroatoms. The van der Waals surface area contributed by atoms with E-state index in [1.165, 1.54) is 61.7 Å². The molecule has 1 aliphatic carbocycles. The summed E-state index contributed by atoms with van der Waals surface area (Å²) in [4.78, 5) is 18.5. The lowest BCUT2D eigenvalue weighted by molar-refractivity contribution is -0.136. The van der Waals surface area contributed by atoms with Crippen LogP contribution in [0, 0.1) is 18.8 Å². The largest absolute Gasteiger partial charge is 0.338 e. The molecule has 0 saturated carbocycles. The van der Waals surface area contributed by atoms with Gasteiger partial charge in [0.1, 0.15) is 6.54 Å². The molecule has 4 heterocycles. The molecule has 2 aromatic rings. The van der Waals surface area contributed by atoms with Gasteiger partial charge in [0.25, 0.3) is 0 Å². The van der Waals surface area contributed by atoms with Gasteiger partial charge in [0, 0.05) is 30.8 Å². The summed E-state index contributed by atoms with van der Waals surface area (Å²) in [5.74, 6) is 1.64. The second-order valence-electron chi connectivity index (χ2n) is 10.1. The summed E-state index contributed by atoms with van der Waals surface area (Å²) in [6, 6.07) is 9.75. The summed E-state index contributed by atoms with van der Waals surface area (Å²) in [7, 11) is 0. The molecule has 0 N–H and O–H groups in total. The molecule has 158 valence electrons. The van der Waals surface area contributed by atoms with Crippen molar-refractivity contribution in [3.05, 3.63) is 47.7 Å². The minimum absolute atomic E-state index is 0.294. The van der Waals surface area contributed by atoms with Gasteiger partial charge in [-0.3, -0.25) is 9.69 Å². The topological polar surface area (TPSA) is 28.5 Å². The summed E-state index contributed by atoms with van der Waals surface area (Å²) in [5.41, 5.74) is 4.01. The number of piperidine rings is 3. The van der Waals surface area contributed by atoms with E-state index in [1.807, 2.05) is 0 Å². The van der Waals surface area contributed by atoms with Gasteiger partial charge >= 0.3 is 0 Å². The standard InChI is InChI=1S/C26H33N3O/c1-18-7-8-24-19(13-18)9-12-28(24)17-25(30)29-11-4-5-20-14-21-15-22(26(20)29)16-27-10-3-2-6-23(21)27/h7-9,12-14,21-23,26H,2-6,10-11,15-17H2,1H3/t21-,22-,23?,26?/m0/s1. The van der Waals surface area contributed by atoms with Crippen molar-refractivity contribution in [2.24, 2.45) is 11.8 Å². The third kappa shape index (κ3) is 3.03. The van der Waals surface area contributed by atoms with Crippen molar-refractivity contribution in [3.63, 3.8) is 0 Å². The monoisotopic (exact) mass is 403 g/mol. The Morgan fingerprint density at radius 3 is 3.00 bits per heavy atom. The van der Waals surface area contributed by atoms with Crippen molar-refractivity contribution in [1.82, 2.24) is 14.4 Å². The lowest BCUT2D eigenvalue weighted by atomic mass is 9.68. The van der Waals surface area contributed by atoms with Crippen LogP contribution in [-0.4, -0.2) is 52.0 Å². The Morgan fingerprint density at radius 1 is 1.13 bits per heavy atom. The molecule has 1 aromatic heterocycles. The summed E-state index contributed by atoms with van der Waals surface area (Å²) in [6.45, 7) is 5.95. The molecular formula is C26H33N3O. The highest BCUT2D eigenvalue weighted by atomic mass is 16.2. The van der Waals surface area contributed by atoms with Crippen molar-refractivity contribution in [2.45, 2.75) is 64.1 Å². The van der Waals surface area contributed by atoms with E-state index in [1.54, 1.807) is 5.57 Å². The fraction of sp³-hybridized carbons (Fsp3) is 0.577. The van der Waals surface area contributed by atoms with Crippen LogP contribution in [0.4, 0.5) is 0 Å². The van der Waals surface area contributed by atoms with Crippen molar-refractivity contribution in [2.75, 3.05) is 19.6 Å². The Kier molecular flexibility index (Phi) is 4.52. The SMILES string of the molecule is Cc1ccc2c(ccn2CC(=O)N2CCCC3=C[C@H]4C[C@@H](CN5CCCCC45)C32)c1. The number of fused-ring (bicyclic) bond motifs is 7. The van der Waals surface area contributed by atoms with Gasteiger partial charge in [0.2, 0.25) is 5.91 Å². The predicted octanol–water partition coefficient (Wildman–Crippen LogP) is 4.37. The number of hydrogen-bond donors (Lipinski definition) is 0. The fourth-order valence-corrected chi connectivity index (χ4v) is 6.95. The normalized spacial score (nSPS) is 31.2. The van der Waals surface area contributed by atoms with Gasteiger partial charge in [-0.2, -0.15) is 0 Å². The van der Waals surface area contributed by atoms with Crippen molar-refractivity contribution >= 4 is 16.8 Å². The maximum absolute atomic E-state index is 13.5. The maximum atomic E-state index is 13.5. The smallest absolute Gasteiger partial charge is 0.243 e. The van der Waals surface area contributed by atoms with Crippen LogP contribution in [0.25, 0.3) is 10.9 Å². The number of hydrogen-bond acceptors (Lipinski definition) is 2. The molecule has 3 fully saturated rings. The summed E-state index contributed by atoms with van der Waals surface area (Å²) >= 11 is 0. The summed E-state index contributed by atoms with van der Waals surface area (Å²) in [5, 5.41) is 1.23. The maximum Gasteiger partial charge on any atom is 0.243 e. The fourth-order valence-electron chi connectivity index (χ4n) is 6.95. The molecule has 4 atom stereocenters. The molecule has 3 saturated heterocycles. The highest BCUT2D eigenvalue weighted by Gasteiger charge is 2.46. The van der Waals surface area contributed by atoms with Gasteiger partial charge < -0.3 is 9.47 Å². The van der Waals surface area contributed by atoms with Gasteiger partial charge in [-0.25, -0.2) is 0 Å². The van der Waals surface area contributed by atoms with Gasteiger partial charge in [0.15, 0.2) is 0 Å². The molecule has 4 aliphatic rings.